The number of sulfonamides is 1. The highest BCUT2D eigenvalue weighted by Crippen LogP contribution is 2.51. The molecule has 0 saturated heterocycles. The summed E-state index contributed by atoms with van der Waals surface area (Å²) in [7, 11) is -1.31. The molecule has 5 aromatic rings. The van der Waals surface area contributed by atoms with E-state index in [2.05, 4.69) is 4.98 Å². The van der Waals surface area contributed by atoms with E-state index in [0.29, 0.717) is 27.8 Å². The smallest absolute Gasteiger partial charge is 0.391 e. The lowest BCUT2D eigenvalue weighted by Crippen LogP contribution is -2.34. The number of methoxy groups -OCH3 is 2. The third kappa shape index (κ3) is 5.80. The minimum Gasteiger partial charge on any atom is -0.497 e. The fourth-order valence-corrected chi connectivity index (χ4v) is 7.30. The van der Waals surface area contributed by atoms with E-state index in [0.717, 1.165) is 4.31 Å². The van der Waals surface area contributed by atoms with Gasteiger partial charge < -0.3 is 13.9 Å². The molecule has 0 aliphatic heterocycles. The van der Waals surface area contributed by atoms with Crippen LogP contribution in [-0.2, 0) is 16.6 Å². The number of aromatic nitrogens is 2. The van der Waals surface area contributed by atoms with E-state index in [1.54, 1.807) is 30.3 Å². The lowest BCUT2D eigenvalue weighted by atomic mass is 9.71. The first-order chi connectivity index (χ1) is 21.9. The molecule has 2 heterocycles. The van der Waals surface area contributed by atoms with E-state index in [-0.39, 0.29) is 46.8 Å². The Bertz CT molecular complexity index is 2060. The van der Waals surface area contributed by atoms with Crippen molar-refractivity contribution in [1.82, 2.24) is 9.55 Å². The highest BCUT2D eigenvalue weighted by Gasteiger charge is 2.48. The van der Waals surface area contributed by atoms with Gasteiger partial charge in [-0.15, -0.1) is 0 Å². The Morgan fingerprint density at radius 1 is 1.02 bits per heavy atom. The second kappa shape index (κ2) is 12.0. The third-order valence-electron chi connectivity index (χ3n) is 8.15. The number of benzene rings is 3. The van der Waals surface area contributed by atoms with Gasteiger partial charge >= 0.3 is 12.2 Å². The molecule has 6 rings (SSSR count). The number of ether oxygens (including phenoxy) is 2. The number of fused-ring (bicyclic) bond motifs is 1. The van der Waals surface area contributed by atoms with Crippen molar-refractivity contribution < 1.29 is 35.5 Å². The molecule has 46 heavy (non-hydrogen) atoms. The SMILES string of the molecule is COc1ccc(CN(c2ncco2)S(=O)(=O)c2ccc3c(ccc(=O)n3-c3cc(Cl)c([C@H]4C[C@H](C(F)(F)F)C4)cc3OC)c2)cc1. The number of hydrogen-bond donors (Lipinski definition) is 0. The maximum absolute atomic E-state index is 14.0. The first-order valence-electron chi connectivity index (χ1n) is 14.1. The highest BCUT2D eigenvalue weighted by atomic mass is 35.5. The maximum Gasteiger partial charge on any atom is 0.391 e. The van der Waals surface area contributed by atoms with Crippen LogP contribution in [0.1, 0.15) is 29.9 Å². The van der Waals surface area contributed by atoms with Crippen molar-refractivity contribution in [2.24, 2.45) is 5.92 Å². The first-order valence-corrected chi connectivity index (χ1v) is 15.9. The molecule has 240 valence electrons. The fraction of sp³-hybridized carbons (Fsp3) is 0.250. The number of pyridine rings is 1. The second-order valence-electron chi connectivity index (χ2n) is 10.9. The maximum atomic E-state index is 14.0. The van der Waals surface area contributed by atoms with Gasteiger partial charge in [-0.3, -0.25) is 9.36 Å². The number of hydrogen-bond acceptors (Lipinski definition) is 7. The van der Waals surface area contributed by atoms with Crippen LogP contribution in [0.15, 0.2) is 93.3 Å². The molecule has 0 bridgehead atoms. The fourth-order valence-electron chi connectivity index (χ4n) is 5.60. The van der Waals surface area contributed by atoms with Crippen LogP contribution in [-0.4, -0.2) is 38.4 Å². The molecule has 0 spiro atoms. The van der Waals surface area contributed by atoms with Crippen LogP contribution in [0.3, 0.4) is 0 Å². The van der Waals surface area contributed by atoms with Crippen molar-refractivity contribution in [2.45, 2.75) is 36.4 Å². The molecule has 3 aromatic carbocycles. The molecule has 1 aliphatic carbocycles. The van der Waals surface area contributed by atoms with Gasteiger partial charge in [0.25, 0.3) is 15.6 Å². The Kier molecular flexibility index (Phi) is 8.23. The molecular weight excluding hydrogens is 647 g/mol. The standard InChI is InChI=1S/C32H27ClF3N3O6S/c1-43-23-6-3-19(4-7-23)18-38(31-37-11-12-45-31)46(41,42)24-8-9-27-20(15-24)5-10-30(40)39(27)28-17-26(33)25(16-29(28)44-2)21-13-22(14-21)32(34,35)36/h3-12,15-17,21-22H,13-14,18H2,1-2H3/t21-,22-. The molecule has 1 aliphatic rings. The van der Waals surface area contributed by atoms with E-state index < -0.39 is 33.6 Å². The van der Waals surface area contributed by atoms with E-state index in [1.807, 2.05) is 0 Å². The predicted octanol–water partition coefficient (Wildman–Crippen LogP) is 7.10. The highest BCUT2D eigenvalue weighted by molar-refractivity contribution is 7.92. The Morgan fingerprint density at radius 2 is 1.76 bits per heavy atom. The summed E-state index contributed by atoms with van der Waals surface area (Å²) in [6.45, 7) is -0.0862. The zero-order valence-electron chi connectivity index (χ0n) is 24.5. The Balaban J connectivity index is 1.38. The van der Waals surface area contributed by atoms with E-state index >= 15 is 0 Å². The summed E-state index contributed by atoms with van der Waals surface area (Å²) >= 11 is 6.57. The minimum absolute atomic E-state index is 0.0820. The van der Waals surface area contributed by atoms with Gasteiger partial charge in [-0.2, -0.15) is 13.2 Å². The second-order valence-corrected chi connectivity index (χ2v) is 13.1. The van der Waals surface area contributed by atoms with E-state index in [4.69, 9.17) is 25.5 Å². The number of rotatable bonds is 9. The molecule has 1 saturated carbocycles. The summed E-state index contributed by atoms with van der Waals surface area (Å²) in [5, 5.41) is 0.608. The molecule has 0 atom stereocenters. The van der Waals surface area contributed by atoms with Gasteiger partial charge in [-0.1, -0.05) is 23.7 Å². The van der Waals surface area contributed by atoms with Crippen molar-refractivity contribution in [2.75, 3.05) is 18.5 Å². The number of halogens is 4. The normalized spacial score (nSPS) is 16.7. The zero-order chi connectivity index (χ0) is 32.8. The third-order valence-corrected chi connectivity index (χ3v) is 10.2. The summed E-state index contributed by atoms with van der Waals surface area (Å²) in [6.07, 6.45) is -1.82. The van der Waals surface area contributed by atoms with Crippen LogP contribution >= 0.6 is 11.6 Å². The average Bonchev–Trinajstić information content (AvgIpc) is 3.53. The van der Waals surface area contributed by atoms with E-state index in [9.17, 15) is 26.4 Å². The van der Waals surface area contributed by atoms with Gasteiger partial charge in [0.1, 0.15) is 17.8 Å². The number of anilines is 1. The predicted molar refractivity (Wildman–Crippen MR) is 165 cm³/mol. The molecular formula is C32H27ClF3N3O6S. The number of oxazole rings is 1. The van der Waals surface area contributed by atoms with Crippen LogP contribution in [0.5, 0.6) is 11.5 Å². The van der Waals surface area contributed by atoms with Gasteiger partial charge in [-0.05, 0) is 78.4 Å². The van der Waals surface area contributed by atoms with Crippen molar-refractivity contribution in [1.29, 1.82) is 0 Å². The largest absolute Gasteiger partial charge is 0.497 e. The number of alkyl halides is 3. The van der Waals surface area contributed by atoms with Gasteiger partial charge in [0.15, 0.2) is 0 Å². The quantitative estimate of drug-likeness (QED) is 0.164. The van der Waals surface area contributed by atoms with Crippen molar-refractivity contribution >= 4 is 38.5 Å². The molecule has 0 amide bonds. The lowest BCUT2D eigenvalue weighted by Gasteiger charge is -2.37. The van der Waals surface area contributed by atoms with Gasteiger partial charge in [0.2, 0.25) is 0 Å². The molecule has 2 aromatic heterocycles. The number of nitrogens with zero attached hydrogens (tertiary/aromatic N) is 3. The topological polar surface area (TPSA) is 104 Å². The van der Waals surface area contributed by atoms with Crippen LogP contribution in [0.2, 0.25) is 5.02 Å². The van der Waals surface area contributed by atoms with Crippen LogP contribution in [0, 0.1) is 5.92 Å². The summed E-state index contributed by atoms with van der Waals surface area (Å²) in [5.41, 5.74) is 1.32. The van der Waals surface area contributed by atoms with Crippen molar-refractivity contribution in [3.63, 3.8) is 0 Å². The van der Waals surface area contributed by atoms with Gasteiger partial charge in [-0.25, -0.2) is 17.7 Å². The molecule has 14 heteroatoms. The molecule has 0 radical (unpaired) electrons. The summed E-state index contributed by atoms with van der Waals surface area (Å²) in [6, 6.07) is 16.9. The molecule has 9 nitrogen and oxygen atoms in total. The summed E-state index contributed by atoms with van der Waals surface area (Å²) in [5.74, 6) is -0.944. The minimum atomic E-state index is -4.27. The Hall–Kier alpha value is -4.49. The zero-order valence-corrected chi connectivity index (χ0v) is 26.1. The average molecular weight is 674 g/mol. The molecule has 0 N–H and O–H groups in total. The Labute approximate surface area is 266 Å². The van der Waals surface area contributed by atoms with Crippen LogP contribution < -0.4 is 19.3 Å². The Morgan fingerprint density at radius 3 is 2.39 bits per heavy atom. The van der Waals surface area contributed by atoms with Crippen LogP contribution in [0.25, 0.3) is 16.6 Å². The van der Waals surface area contributed by atoms with Crippen molar-refractivity contribution in [3.05, 3.63) is 106 Å². The monoisotopic (exact) mass is 673 g/mol. The molecule has 0 unspecified atom stereocenters. The van der Waals surface area contributed by atoms with Gasteiger partial charge in [0.05, 0.1) is 49.0 Å². The summed E-state index contributed by atoms with van der Waals surface area (Å²) in [4.78, 5) is 17.2. The van der Waals surface area contributed by atoms with Crippen molar-refractivity contribution in [3.8, 4) is 17.2 Å². The summed E-state index contributed by atoms with van der Waals surface area (Å²) < 4.78 is 85.9. The van der Waals surface area contributed by atoms with Crippen LogP contribution in [0.4, 0.5) is 19.2 Å². The lowest BCUT2D eigenvalue weighted by molar-refractivity contribution is -0.197. The van der Waals surface area contributed by atoms with Gasteiger partial charge in [0, 0.05) is 16.5 Å². The molecule has 1 fully saturated rings. The van der Waals surface area contributed by atoms with E-state index in [1.165, 1.54) is 67.6 Å². The first kappa shape index (κ1) is 31.5.